The highest BCUT2D eigenvalue weighted by Crippen LogP contribution is 2.31. The van der Waals surface area contributed by atoms with Gasteiger partial charge >= 0.3 is 12.3 Å². The summed E-state index contributed by atoms with van der Waals surface area (Å²) in [6.45, 7) is -1.82. The van der Waals surface area contributed by atoms with Crippen molar-refractivity contribution >= 4 is 17.7 Å². The SMILES string of the molecule is O=C(C[C@@H](c1ccc(F)cc1)c1cc(F)cc(F)c1)Nc1cncc(F)c1CC[C@@H]1CNC[C@@H](CN(CC(F)(F)F)C(=O)O)O1. The van der Waals surface area contributed by atoms with Gasteiger partial charge in [0, 0.05) is 37.1 Å². The zero-order chi connectivity index (χ0) is 32.7. The van der Waals surface area contributed by atoms with Crippen LogP contribution in [0.25, 0.3) is 0 Å². The van der Waals surface area contributed by atoms with E-state index in [2.05, 4.69) is 15.6 Å². The maximum atomic E-state index is 14.9. The molecule has 2 heterocycles. The maximum absolute atomic E-state index is 14.9. The molecule has 3 aromatic rings. The maximum Gasteiger partial charge on any atom is 0.407 e. The van der Waals surface area contributed by atoms with E-state index in [1.54, 1.807) is 0 Å². The van der Waals surface area contributed by atoms with E-state index < -0.39 is 72.7 Å². The van der Waals surface area contributed by atoms with Gasteiger partial charge in [0.05, 0.1) is 36.8 Å². The van der Waals surface area contributed by atoms with Gasteiger partial charge in [-0.2, -0.15) is 13.2 Å². The molecule has 8 nitrogen and oxygen atoms in total. The second kappa shape index (κ2) is 14.7. The number of carboxylic acid groups (broad SMARTS) is 1. The van der Waals surface area contributed by atoms with E-state index in [4.69, 9.17) is 9.84 Å². The van der Waals surface area contributed by atoms with Crippen molar-refractivity contribution in [3.8, 4) is 0 Å². The number of carbonyl (C=O) groups is 2. The Hall–Kier alpha value is -4.24. The summed E-state index contributed by atoms with van der Waals surface area (Å²) in [5.41, 5.74) is 0.608. The number of nitrogens with one attached hydrogen (secondary N) is 2. The molecule has 0 spiro atoms. The first-order valence-electron chi connectivity index (χ1n) is 13.8. The molecule has 1 fully saturated rings. The molecule has 2 amide bonds. The standard InChI is InChI=1S/C30H29F7N4O4/c31-19-3-1-17(2-4-19)25(18-7-20(32)9-21(33)8-18)10-28(42)40-27-14-39-13-26(34)24(27)6-5-22-11-38-12-23(45-22)15-41(29(43)44)16-30(35,36)37/h1-4,7-9,13-14,22-23,25,38H,5-6,10-12,15-16H2,(H,40,42)(H,43,44)/t22-,23+,25+/m1/s1. The Morgan fingerprint density at radius 2 is 1.64 bits per heavy atom. The summed E-state index contributed by atoms with van der Waals surface area (Å²) in [7, 11) is 0. The highest BCUT2D eigenvalue weighted by Gasteiger charge is 2.35. The Kier molecular flexibility index (Phi) is 11.0. The van der Waals surface area contributed by atoms with Crippen LogP contribution in [0.3, 0.4) is 0 Å². The molecule has 2 aromatic carbocycles. The largest absolute Gasteiger partial charge is 0.465 e. The molecule has 0 aliphatic carbocycles. The molecule has 0 bridgehead atoms. The first-order chi connectivity index (χ1) is 21.3. The van der Waals surface area contributed by atoms with E-state index in [0.717, 1.165) is 30.5 Å². The van der Waals surface area contributed by atoms with Crippen LogP contribution < -0.4 is 10.6 Å². The summed E-state index contributed by atoms with van der Waals surface area (Å²) in [5.74, 6) is -4.58. The van der Waals surface area contributed by atoms with E-state index in [-0.39, 0.29) is 54.1 Å². The lowest BCUT2D eigenvalue weighted by molar-refractivity contribution is -0.147. The van der Waals surface area contributed by atoms with Crippen LogP contribution in [0.5, 0.6) is 0 Å². The van der Waals surface area contributed by atoms with Gasteiger partial charge in [-0.3, -0.25) is 14.7 Å². The first-order valence-corrected chi connectivity index (χ1v) is 13.8. The van der Waals surface area contributed by atoms with Crippen LogP contribution in [0.4, 0.5) is 41.2 Å². The van der Waals surface area contributed by atoms with Crippen LogP contribution in [0.2, 0.25) is 0 Å². The number of anilines is 1. The van der Waals surface area contributed by atoms with Gasteiger partial charge in [-0.05, 0) is 48.2 Å². The number of alkyl halides is 3. The zero-order valence-electron chi connectivity index (χ0n) is 23.6. The molecule has 0 unspecified atom stereocenters. The van der Waals surface area contributed by atoms with Crippen LogP contribution in [-0.2, 0) is 16.0 Å². The van der Waals surface area contributed by atoms with Crippen molar-refractivity contribution in [2.75, 3.05) is 31.5 Å². The molecule has 1 aromatic heterocycles. The highest BCUT2D eigenvalue weighted by molar-refractivity contribution is 5.92. The van der Waals surface area contributed by atoms with Crippen molar-refractivity contribution in [1.29, 1.82) is 0 Å². The number of hydrogen-bond donors (Lipinski definition) is 3. The molecule has 1 aliphatic heterocycles. The van der Waals surface area contributed by atoms with Gasteiger partial charge < -0.3 is 20.5 Å². The summed E-state index contributed by atoms with van der Waals surface area (Å²) in [4.78, 5) is 28.5. The number of halogens is 7. The lowest BCUT2D eigenvalue weighted by atomic mass is 9.88. The van der Waals surface area contributed by atoms with Crippen LogP contribution >= 0.6 is 0 Å². The minimum absolute atomic E-state index is 0.00469. The Labute approximate surface area is 253 Å². The lowest BCUT2D eigenvalue weighted by Crippen LogP contribution is -2.51. The Morgan fingerprint density at radius 1 is 0.978 bits per heavy atom. The molecule has 0 saturated carbocycles. The van der Waals surface area contributed by atoms with Gasteiger partial charge in [-0.25, -0.2) is 22.4 Å². The van der Waals surface area contributed by atoms with Gasteiger partial charge in [0.2, 0.25) is 5.91 Å². The summed E-state index contributed by atoms with van der Waals surface area (Å²) in [5, 5.41) is 14.7. The quantitative estimate of drug-likeness (QED) is 0.235. The molecule has 1 saturated heterocycles. The van der Waals surface area contributed by atoms with Gasteiger partial charge in [0.15, 0.2) is 0 Å². The second-order valence-corrected chi connectivity index (χ2v) is 10.6. The third kappa shape index (κ3) is 9.88. The number of morpholine rings is 1. The Balaban J connectivity index is 1.44. The fourth-order valence-electron chi connectivity index (χ4n) is 5.14. The molecule has 1 aliphatic rings. The molecular formula is C30H29F7N4O4. The number of rotatable bonds is 11. The number of aromatic nitrogens is 1. The number of carbonyl (C=O) groups excluding carboxylic acids is 1. The number of benzene rings is 2. The molecular weight excluding hydrogens is 613 g/mol. The van der Waals surface area contributed by atoms with Crippen LogP contribution in [0.15, 0.2) is 54.9 Å². The molecule has 0 radical (unpaired) electrons. The molecule has 3 atom stereocenters. The second-order valence-electron chi connectivity index (χ2n) is 10.6. The van der Waals surface area contributed by atoms with Crippen molar-refractivity contribution in [3.05, 3.63) is 94.8 Å². The topological polar surface area (TPSA) is 104 Å². The minimum Gasteiger partial charge on any atom is -0.465 e. The fraction of sp³-hybridized carbons (Fsp3) is 0.367. The fourth-order valence-corrected chi connectivity index (χ4v) is 5.14. The van der Waals surface area contributed by atoms with Gasteiger partial charge in [0.25, 0.3) is 0 Å². The monoisotopic (exact) mass is 642 g/mol. The molecule has 242 valence electrons. The number of amides is 2. The highest BCUT2D eigenvalue weighted by atomic mass is 19.4. The Bertz CT molecular complexity index is 1470. The van der Waals surface area contributed by atoms with E-state index in [1.165, 1.54) is 18.3 Å². The normalized spacial score (nSPS) is 17.5. The molecule has 3 N–H and O–H groups in total. The molecule has 15 heteroatoms. The zero-order valence-corrected chi connectivity index (χ0v) is 23.6. The molecule has 45 heavy (non-hydrogen) atoms. The van der Waals surface area contributed by atoms with E-state index in [9.17, 15) is 40.3 Å². The average Bonchev–Trinajstić information content (AvgIpc) is 2.95. The van der Waals surface area contributed by atoms with E-state index >= 15 is 0 Å². The Morgan fingerprint density at radius 3 is 2.29 bits per heavy atom. The summed E-state index contributed by atoms with van der Waals surface area (Å²) < 4.78 is 101. The number of hydrogen-bond acceptors (Lipinski definition) is 5. The number of nitrogens with zero attached hydrogens (tertiary/aromatic N) is 2. The van der Waals surface area contributed by atoms with Crippen molar-refractivity contribution in [3.63, 3.8) is 0 Å². The summed E-state index contributed by atoms with van der Waals surface area (Å²) >= 11 is 0. The summed E-state index contributed by atoms with van der Waals surface area (Å²) in [6.07, 6.45) is -6.02. The number of ether oxygens (including phenoxy) is 1. The van der Waals surface area contributed by atoms with Crippen LogP contribution in [0.1, 0.15) is 35.4 Å². The smallest absolute Gasteiger partial charge is 0.407 e. The third-order valence-corrected chi connectivity index (χ3v) is 7.14. The average molecular weight is 643 g/mol. The van der Waals surface area contributed by atoms with E-state index in [1.807, 2.05) is 0 Å². The van der Waals surface area contributed by atoms with Crippen molar-refractivity contribution in [1.82, 2.24) is 15.2 Å². The van der Waals surface area contributed by atoms with Crippen LogP contribution in [0, 0.1) is 23.3 Å². The van der Waals surface area contributed by atoms with Crippen molar-refractivity contribution < 1.29 is 50.2 Å². The van der Waals surface area contributed by atoms with Gasteiger partial charge in [0.1, 0.15) is 29.8 Å². The minimum atomic E-state index is -4.73. The van der Waals surface area contributed by atoms with Crippen molar-refractivity contribution in [2.24, 2.45) is 0 Å². The van der Waals surface area contributed by atoms with Gasteiger partial charge in [-0.15, -0.1) is 0 Å². The lowest BCUT2D eigenvalue weighted by Gasteiger charge is -2.34. The predicted octanol–water partition coefficient (Wildman–Crippen LogP) is 5.63. The summed E-state index contributed by atoms with van der Waals surface area (Å²) in [6, 6.07) is 7.85. The molecule has 4 rings (SSSR count). The van der Waals surface area contributed by atoms with E-state index in [0.29, 0.717) is 11.6 Å². The third-order valence-electron chi connectivity index (χ3n) is 7.14. The number of pyridine rings is 1. The van der Waals surface area contributed by atoms with Crippen molar-refractivity contribution in [2.45, 2.75) is 43.6 Å². The van der Waals surface area contributed by atoms with Crippen LogP contribution in [-0.4, -0.2) is 71.6 Å². The first kappa shape index (κ1) is 33.6. The predicted molar refractivity (Wildman–Crippen MR) is 148 cm³/mol. The van der Waals surface area contributed by atoms with Gasteiger partial charge in [-0.1, -0.05) is 12.1 Å².